The van der Waals surface area contributed by atoms with Gasteiger partial charge in [0, 0.05) is 46.6 Å². The van der Waals surface area contributed by atoms with E-state index in [-0.39, 0.29) is 25.1 Å². The number of carbonyl (C=O) groups is 1. The minimum atomic E-state index is -0.410. The molecule has 2 heterocycles. The summed E-state index contributed by atoms with van der Waals surface area (Å²) >= 11 is 6.13. The number of carbonyl (C=O) groups excluding carboxylic acids is 1. The van der Waals surface area contributed by atoms with Crippen molar-refractivity contribution in [1.82, 2.24) is 9.55 Å². The van der Waals surface area contributed by atoms with Gasteiger partial charge in [-0.1, -0.05) is 23.7 Å². The van der Waals surface area contributed by atoms with Gasteiger partial charge in [0.25, 0.3) is 5.56 Å². The molecule has 0 spiro atoms. The number of hydrogen-bond donors (Lipinski definition) is 2. The van der Waals surface area contributed by atoms with E-state index in [2.05, 4.69) is 10.3 Å². The molecule has 0 saturated heterocycles. The lowest BCUT2D eigenvalue weighted by Gasteiger charge is -2.19. The molecule has 32 heavy (non-hydrogen) atoms. The molecule has 0 radical (unpaired) electrons. The Morgan fingerprint density at radius 1 is 1.19 bits per heavy atom. The lowest BCUT2D eigenvalue weighted by atomic mass is 10.1. The van der Waals surface area contributed by atoms with Gasteiger partial charge in [-0.05, 0) is 31.2 Å². The van der Waals surface area contributed by atoms with Crippen molar-refractivity contribution in [3.63, 3.8) is 0 Å². The van der Waals surface area contributed by atoms with E-state index >= 15 is 0 Å². The van der Waals surface area contributed by atoms with Crippen LogP contribution >= 0.6 is 11.6 Å². The van der Waals surface area contributed by atoms with Gasteiger partial charge in [0.2, 0.25) is 5.91 Å². The first-order valence-electron chi connectivity index (χ1n) is 10.1. The molecule has 0 unspecified atom stereocenters. The van der Waals surface area contributed by atoms with Crippen molar-refractivity contribution < 1.29 is 19.4 Å². The first kappa shape index (κ1) is 21.9. The lowest BCUT2D eigenvalue weighted by Crippen LogP contribution is -2.33. The van der Waals surface area contributed by atoms with E-state index in [9.17, 15) is 14.7 Å². The van der Waals surface area contributed by atoms with Crippen LogP contribution in [-0.4, -0.2) is 40.4 Å². The molecule has 0 fully saturated rings. The summed E-state index contributed by atoms with van der Waals surface area (Å²) in [4.78, 5) is 30.6. The molecular formula is C23H22ClN3O5. The van der Waals surface area contributed by atoms with E-state index in [0.717, 1.165) is 0 Å². The molecule has 0 aliphatic carbocycles. The second-order valence-corrected chi connectivity index (χ2v) is 7.72. The number of anilines is 1. The average Bonchev–Trinajstić information content (AvgIpc) is 2.78. The Hall–Kier alpha value is -3.36. The number of amides is 1. The third-order valence-electron chi connectivity index (χ3n) is 5.04. The molecule has 4 rings (SSSR count). The number of rotatable bonds is 6. The van der Waals surface area contributed by atoms with E-state index in [1.807, 2.05) is 0 Å². The smallest absolute Gasteiger partial charge is 0.257 e. The maximum Gasteiger partial charge on any atom is 0.257 e. The third kappa shape index (κ3) is 4.61. The summed E-state index contributed by atoms with van der Waals surface area (Å²) in [6.45, 7) is 2.16. The largest absolute Gasteiger partial charge is 0.486 e. The molecular weight excluding hydrogens is 434 g/mol. The monoisotopic (exact) mass is 455 g/mol. The lowest BCUT2D eigenvalue weighted by molar-refractivity contribution is -0.116. The molecule has 1 aliphatic rings. The average molecular weight is 456 g/mol. The van der Waals surface area contributed by atoms with Crippen LogP contribution in [0, 0.1) is 6.92 Å². The minimum absolute atomic E-state index is 0.150. The molecule has 1 aliphatic heterocycles. The molecule has 9 heteroatoms. The number of aromatic nitrogens is 2. The molecule has 1 amide bonds. The summed E-state index contributed by atoms with van der Waals surface area (Å²) in [5, 5.41) is 12.6. The zero-order valence-corrected chi connectivity index (χ0v) is 18.2. The molecule has 3 aromatic rings. The third-order valence-corrected chi connectivity index (χ3v) is 5.28. The van der Waals surface area contributed by atoms with E-state index in [0.29, 0.717) is 58.1 Å². The first-order chi connectivity index (χ1) is 15.5. The number of aliphatic hydroxyl groups is 1. The Labute approximate surface area is 189 Å². The molecule has 0 atom stereocenters. The Bertz CT molecular complexity index is 1220. The SMILES string of the molecule is Cc1nc(-c2cccc(Cl)c2)n(CC(=O)Nc2ccc3c(c2)OCCO3)c(=O)c1CCO. The number of aryl methyl sites for hydroxylation is 1. The number of benzene rings is 2. The second-order valence-electron chi connectivity index (χ2n) is 7.28. The molecule has 8 nitrogen and oxygen atoms in total. The van der Waals surface area contributed by atoms with Gasteiger partial charge in [-0.25, -0.2) is 4.98 Å². The zero-order chi connectivity index (χ0) is 22.7. The minimum Gasteiger partial charge on any atom is -0.486 e. The number of nitrogens with zero attached hydrogens (tertiary/aromatic N) is 2. The molecule has 1 aromatic heterocycles. The van der Waals surface area contributed by atoms with E-state index in [1.54, 1.807) is 49.4 Å². The highest BCUT2D eigenvalue weighted by molar-refractivity contribution is 6.30. The maximum absolute atomic E-state index is 13.2. The van der Waals surface area contributed by atoms with E-state index < -0.39 is 5.91 Å². The summed E-state index contributed by atoms with van der Waals surface area (Å²) in [6.07, 6.45) is 0.150. The normalized spacial score (nSPS) is 12.5. The standard InChI is InChI=1S/C23H22ClN3O5/c1-14-18(7-8-28)23(30)27(22(25-14)15-3-2-4-16(24)11-15)13-21(29)26-17-5-6-19-20(12-17)32-10-9-31-19/h2-6,11-12,28H,7-10,13H2,1H3,(H,26,29). The number of nitrogens with one attached hydrogen (secondary N) is 1. The van der Waals surface area contributed by atoms with Crippen molar-refractivity contribution >= 4 is 23.2 Å². The van der Waals surface area contributed by atoms with Gasteiger partial charge in [-0.2, -0.15) is 0 Å². The van der Waals surface area contributed by atoms with Crippen LogP contribution in [-0.2, 0) is 17.8 Å². The predicted octanol–water partition coefficient (Wildman–Crippen LogP) is 2.82. The van der Waals surface area contributed by atoms with Gasteiger partial charge in [0.1, 0.15) is 25.6 Å². The van der Waals surface area contributed by atoms with E-state index in [4.69, 9.17) is 21.1 Å². The Morgan fingerprint density at radius 3 is 2.72 bits per heavy atom. The van der Waals surface area contributed by atoms with Crippen LogP contribution in [0.15, 0.2) is 47.3 Å². The number of ether oxygens (including phenoxy) is 2. The number of hydrogen-bond acceptors (Lipinski definition) is 6. The Balaban J connectivity index is 1.67. The topological polar surface area (TPSA) is 103 Å². The Morgan fingerprint density at radius 2 is 1.97 bits per heavy atom. The summed E-state index contributed by atoms with van der Waals surface area (Å²) in [7, 11) is 0. The molecule has 0 bridgehead atoms. The predicted molar refractivity (Wildman–Crippen MR) is 121 cm³/mol. The van der Waals surface area contributed by atoms with Crippen LogP contribution in [0.25, 0.3) is 11.4 Å². The van der Waals surface area contributed by atoms with Gasteiger partial charge in [-0.15, -0.1) is 0 Å². The molecule has 166 valence electrons. The highest BCUT2D eigenvalue weighted by Crippen LogP contribution is 2.32. The van der Waals surface area contributed by atoms with E-state index in [1.165, 1.54) is 4.57 Å². The quantitative estimate of drug-likeness (QED) is 0.592. The van der Waals surface area contributed by atoms with Crippen molar-refractivity contribution in [1.29, 1.82) is 0 Å². The van der Waals surface area contributed by atoms with Crippen molar-refractivity contribution in [2.24, 2.45) is 0 Å². The van der Waals surface area contributed by atoms with Crippen molar-refractivity contribution in [3.05, 3.63) is 69.1 Å². The summed E-state index contributed by atoms with van der Waals surface area (Å²) in [6, 6.07) is 12.0. The molecule has 0 saturated carbocycles. The zero-order valence-electron chi connectivity index (χ0n) is 17.4. The fourth-order valence-corrected chi connectivity index (χ4v) is 3.75. The van der Waals surface area contributed by atoms with Gasteiger partial charge < -0.3 is 19.9 Å². The first-order valence-corrected chi connectivity index (χ1v) is 10.5. The van der Waals surface area contributed by atoms with Crippen molar-refractivity contribution in [2.45, 2.75) is 19.9 Å². The fraction of sp³-hybridized carbons (Fsp3) is 0.261. The van der Waals surface area contributed by atoms with Crippen LogP contribution in [0.2, 0.25) is 5.02 Å². The number of halogens is 1. The van der Waals surface area contributed by atoms with Crippen molar-refractivity contribution in [3.8, 4) is 22.9 Å². The van der Waals surface area contributed by atoms with Crippen LogP contribution in [0.4, 0.5) is 5.69 Å². The molecule has 2 aromatic carbocycles. The highest BCUT2D eigenvalue weighted by atomic mass is 35.5. The highest BCUT2D eigenvalue weighted by Gasteiger charge is 2.19. The van der Waals surface area contributed by atoms with Crippen LogP contribution < -0.4 is 20.3 Å². The van der Waals surface area contributed by atoms with Gasteiger partial charge >= 0.3 is 0 Å². The number of aliphatic hydroxyl groups excluding tert-OH is 1. The van der Waals surface area contributed by atoms with Gasteiger partial charge in [0.05, 0.1) is 0 Å². The maximum atomic E-state index is 13.2. The number of fused-ring (bicyclic) bond motifs is 1. The van der Waals surface area contributed by atoms with Gasteiger partial charge in [0.15, 0.2) is 11.5 Å². The van der Waals surface area contributed by atoms with Crippen molar-refractivity contribution in [2.75, 3.05) is 25.1 Å². The summed E-state index contributed by atoms with van der Waals surface area (Å²) in [5.41, 5.74) is 1.62. The summed E-state index contributed by atoms with van der Waals surface area (Å²) < 4.78 is 12.3. The summed E-state index contributed by atoms with van der Waals surface area (Å²) in [5.74, 6) is 1.08. The Kier molecular flexibility index (Phi) is 6.43. The second kappa shape index (κ2) is 9.42. The fourth-order valence-electron chi connectivity index (χ4n) is 3.56. The van der Waals surface area contributed by atoms with Crippen LogP contribution in [0.3, 0.4) is 0 Å². The van der Waals surface area contributed by atoms with Crippen LogP contribution in [0.5, 0.6) is 11.5 Å². The van der Waals surface area contributed by atoms with Crippen LogP contribution in [0.1, 0.15) is 11.3 Å². The molecule has 2 N–H and O–H groups in total. The van der Waals surface area contributed by atoms with Gasteiger partial charge in [-0.3, -0.25) is 14.2 Å².